The van der Waals surface area contributed by atoms with Gasteiger partial charge in [-0.2, -0.15) is 0 Å². The Balaban J connectivity index is 2.45. The topological polar surface area (TPSA) is 79.7 Å². The third-order valence-electron chi connectivity index (χ3n) is 2.91. The van der Waals surface area contributed by atoms with Crippen LogP contribution in [0.4, 0.5) is 0 Å². The normalized spacial score (nSPS) is 10.4. The number of hydrogen-bond donors (Lipinski definition) is 1. The van der Waals surface area contributed by atoms with Gasteiger partial charge in [-0.1, -0.05) is 5.16 Å². The number of ether oxygens (including phenoxy) is 3. The van der Waals surface area contributed by atoms with Crippen LogP contribution in [0.1, 0.15) is 5.76 Å². The second kappa shape index (κ2) is 6.29. The van der Waals surface area contributed by atoms with Crippen LogP contribution in [0.3, 0.4) is 0 Å². The molecule has 0 aliphatic rings. The molecular weight excluding hydrogens is 260 g/mol. The highest BCUT2D eigenvalue weighted by Gasteiger charge is 2.16. The lowest BCUT2D eigenvalue weighted by Crippen LogP contribution is -2.01. The van der Waals surface area contributed by atoms with Crippen molar-refractivity contribution in [1.82, 2.24) is 5.16 Å². The Kier molecular flexibility index (Phi) is 4.47. The zero-order valence-electron chi connectivity index (χ0n) is 11.8. The standard InChI is InChI=1S/C14H18N2O4/c1-17-12-6-9(7-13(18-2)14(12)19-3)11-8-10(4-5-15)20-16-11/h6-8H,4-5,15H2,1-3H3. The monoisotopic (exact) mass is 278 g/mol. The lowest BCUT2D eigenvalue weighted by molar-refractivity contribution is 0.324. The fraction of sp³-hybridized carbons (Fsp3) is 0.357. The number of benzene rings is 1. The molecule has 0 aliphatic carbocycles. The van der Waals surface area contributed by atoms with Gasteiger partial charge in [0.1, 0.15) is 11.5 Å². The zero-order valence-corrected chi connectivity index (χ0v) is 11.8. The predicted molar refractivity (Wildman–Crippen MR) is 74.4 cm³/mol. The first-order valence-corrected chi connectivity index (χ1v) is 6.19. The van der Waals surface area contributed by atoms with Crippen molar-refractivity contribution in [3.8, 4) is 28.5 Å². The van der Waals surface area contributed by atoms with Crippen LogP contribution in [0.2, 0.25) is 0 Å². The molecule has 0 saturated carbocycles. The van der Waals surface area contributed by atoms with Crippen LogP contribution >= 0.6 is 0 Å². The second-order valence-electron chi connectivity index (χ2n) is 4.13. The molecule has 1 heterocycles. The van der Waals surface area contributed by atoms with E-state index in [0.717, 1.165) is 11.3 Å². The zero-order chi connectivity index (χ0) is 14.5. The maximum absolute atomic E-state index is 5.49. The summed E-state index contributed by atoms with van der Waals surface area (Å²) in [4.78, 5) is 0. The summed E-state index contributed by atoms with van der Waals surface area (Å²) >= 11 is 0. The van der Waals surface area contributed by atoms with Crippen molar-refractivity contribution in [3.05, 3.63) is 24.0 Å². The molecule has 0 bridgehead atoms. The van der Waals surface area contributed by atoms with E-state index in [-0.39, 0.29) is 0 Å². The molecule has 1 aromatic heterocycles. The Bertz CT molecular complexity index is 555. The maximum atomic E-state index is 5.49. The molecule has 6 nitrogen and oxygen atoms in total. The van der Waals surface area contributed by atoms with Gasteiger partial charge in [-0.15, -0.1) is 0 Å². The van der Waals surface area contributed by atoms with Crippen LogP contribution in [0, 0.1) is 0 Å². The number of nitrogens with zero attached hydrogens (tertiary/aromatic N) is 1. The molecule has 0 unspecified atom stereocenters. The summed E-state index contributed by atoms with van der Waals surface area (Å²) in [6.07, 6.45) is 0.650. The van der Waals surface area contributed by atoms with Crippen LogP contribution in [-0.2, 0) is 6.42 Å². The average Bonchev–Trinajstić information content (AvgIpc) is 2.94. The third kappa shape index (κ3) is 2.70. The van der Waals surface area contributed by atoms with E-state index in [1.807, 2.05) is 18.2 Å². The van der Waals surface area contributed by atoms with Crippen molar-refractivity contribution < 1.29 is 18.7 Å². The Hall–Kier alpha value is -2.21. The van der Waals surface area contributed by atoms with E-state index in [1.165, 1.54) is 0 Å². The SMILES string of the molecule is COc1cc(-c2cc(CCN)on2)cc(OC)c1OC. The van der Waals surface area contributed by atoms with E-state index in [0.29, 0.717) is 35.9 Å². The smallest absolute Gasteiger partial charge is 0.203 e. The van der Waals surface area contributed by atoms with Crippen LogP contribution in [-0.4, -0.2) is 33.0 Å². The van der Waals surface area contributed by atoms with Crippen molar-refractivity contribution in [2.24, 2.45) is 5.73 Å². The molecule has 0 aliphatic heterocycles. The Labute approximate surface area is 117 Å². The number of methoxy groups -OCH3 is 3. The van der Waals surface area contributed by atoms with E-state index in [9.17, 15) is 0 Å². The van der Waals surface area contributed by atoms with E-state index in [4.69, 9.17) is 24.5 Å². The third-order valence-corrected chi connectivity index (χ3v) is 2.91. The van der Waals surface area contributed by atoms with Crippen LogP contribution in [0.15, 0.2) is 22.7 Å². The number of aromatic nitrogens is 1. The lowest BCUT2D eigenvalue weighted by atomic mass is 10.1. The van der Waals surface area contributed by atoms with Gasteiger partial charge < -0.3 is 24.5 Å². The van der Waals surface area contributed by atoms with Crippen LogP contribution < -0.4 is 19.9 Å². The first-order chi connectivity index (χ1) is 9.73. The van der Waals surface area contributed by atoms with Crippen molar-refractivity contribution in [2.75, 3.05) is 27.9 Å². The highest BCUT2D eigenvalue weighted by molar-refractivity contribution is 5.68. The van der Waals surface area contributed by atoms with E-state index < -0.39 is 0 Å². The molecule has 108 valence electrons. The largest absolute Gasteiger partial charge is 0.493 e. The fourth-order valence-corrected chi connectivity index (χ4v) is 1.94. The molecule has 20 heavy (non-hydrogen) atoms. The molecule has 1 aromatic carbocycles. The summed E-state index contributed by atoms with van der Waals surface area (Å²) in [6, 6.07) is 5.50. The Morgan fingerprint density at radius 1 is 1.05 bits per heavy atom. The van der Waals surface area contributed by atoms with Gasteiger partial charge in [-0.05, 0) is 18.7 Å². The number of nitrogens with two attached hydrogens (primary N) is 1. The van der Waals surface area contributed by atoms with Crippen molar-refractivity contribution in [2.45, 2.75) is 6.42 Å². The summed E-state index contributed by atoms with van der Waals surface area (Å²) in [7, 11) is 4.71. The second-order valence-corrected chi connectivity index (χ2v) is 4.13. The minimum atomic E-state index is 0.518. The molecule has 0 amide bonds. The van der Waals surface area contributed by atoms with Crippen molar-refractivity contribution in [1.29, 1.82) is 0 Å². The molecule has 6 heteroatoms. The lowest BCUT2D eigenvalue weighted by Gasteiger charge is -2.13. The minimum Gasteiger partial charge on any atom is -0.493 e. The molecule has 2 N–H and O–H groups in total. The molecule has 0 radical (unpaired) electrons. The Morgan fingerprint density at radius 3 is 2.20 bits per heavy atom. The van der Waals surface area contributed by atoms with Gasteiger partial charge in [0, 0.05) is 18.1 Å². The van der Waals surface area contributed by atoms with Gasteiger partial charge in [0.15, 0.2) is 11.5 Å². The fourth-order valence-electron chi connectivity index (χ4n) is 1.94. The summed E-state index contributed by atoms with van der Waals surface area (Å²) in [5, 5.41) is 4.03. The summed E-state index contributed by atoms with van der Waals surface area (Å²) in [5.74, 6) is 2.44. The molecule has 0 spiro atoms. The summed E-state index contributed by atoms with van der Waals surface area (Å²) in [6.45, 7) is 0.518. The molecule has 0 fully saturated rings. The highest BCUT2D eigenvalue weighted by atomic mass is 16.5. The quantitative estimate of drug-likeness (QED) is 0.869. The summed E-state index contributed by atoms with van der Waals surface area (Å²) < 4.78 is 21.1. The van der Waals surface area contributed by atoms with Gasteiger partial charge >= 0.3 is 0 Å². The number of rotatable bonds is 6. The summed E-state index contributed by atoms with van der Waals surface area (Å²) in [5.41, 5.74) is 7.02. The molecule has 2 rings (SSSR count). The van der Waals surface area contributed by atoms with E-state index in [1.54, 1.807) is 21.3 Å². The molecular formula is C14H18N2O4. The van der Waals surface area contributed by atoms with Crippen LogP contribution in [0.5, 0.6) is 17.2 Å². The first-order valence-electron chi connectivity index (χ1n) is 6.19. The first kappa shape index (κ1) is 14.2. The Morgan fingerprint density at radius 2 is 1.70 bits per heavy atom. The molecule has 2 aromatic rings. The highest BCUT2D eigenvalue weighted by Crippen LogP contribution is 2.40. The van der Waals surface area contributed by atoms with Gasteiger partial charge in [0.05, 0.1) is 21.3 Å². The average molecular weight is 278 g/mol. The van der Waals surface area contributed by atoms with Gasteiger partial charge in [-0.3, -0.25) is 0 Å². The molecule has 0 saturated heterocycles. The van der Waals surface area contributed by atoms with Crippen molar-refractivity contribution >= 4 is 0 Å². The van der Waals surface area contributed by atoms with Gasteiger partial charge in [0.2, 0.25) is 5.75 Å². The number of hydrogen-bond acceptors (Lipinski definition) is 6. The maximum Gasteiger partial charge on any atom is 0.203 e. The van der Waals surface area contributed by atoms with Crippen LogP contribution in [0.25, 0.3) is 11.3 Å². The molecule has 0 atom stereocenters. The van der Waals surface area contributed by atoms with E-state index >= 15 is 0 Å². The minimum absolute atomic E-state index is 0.518. The van der Waals surface area contributed by atoms with Gasteiger partial charge in [0.25, 0.3) is 0 Å². The predicted octanol–water partition coefficient (Wildman–Crippen LogP) is 1.87. The van der Waals surface area contributed by atoms with E-state index in [2.05, 4.69) is 5.16 Å². The van der Waals surface area contributed by atoms with Crippen molar-refractivity contribution in [3.63, 3.8) is 0 Å². The van der Waals surface area contributed by atoms with Gasteiger partial charge in [-0.25, -0.2) is 0 Å².